The second kappa shape index (κ2) is 6.02. The Morgan fingerprint density at radius 3 is 2.62 bits per heavy atom. The molecule has 1 aromatic carbocycles. The van der Waals surface area contributed by atoms with Gasteiger partial charge in [-0.3, -0.25) is 0 Å². The van der Waals surface area contributed by atoms with Crippen molar-refractivity contribution >= 4 is 17.7 Å². The number of likely N-dealkylation sites (N-methyl/N-ethyl adjacent to an activating group) is 1. The molecule has 0 fully saturated rings. The van der Waals surface area contributed by atoms with Crippen LogP contribution in [0.2, 0.25) is 5.02 Å². The zero-order valence-corrected chi connectivity index (χ0v) is 10.6. The minimum atomic E-state index is -0.300. The highest BCUT2D eigenvalue weighted by Crippen LogP contribution is 2.19. The van der Waals surface area contributed by atoms with Crippen LogP contribution in [-0.2, 0) is 0 Å². The van der Waals surface area contributed by atoms with Gasteiger partial charge in [-0.15, -0.1) is 0 Å². The molecular weight excluding hydrogens is 225 g/mol. The van der Waals surface area contributed by atoms with E-state index in [2.05, 4.69) is 19.2 Å². The molecule has 1 rings (SSSR count). The van der Waals surface area contributed by atoms with Crippen molar-refractivity contribution in [1.82, 2.24) is 5.32 Å². The second-order valence-corrected chi connectivity index (χ2v) is 4.54. The molecule has 0 atom stereocenters. The second-order valence-electron chi connectivity index (χ2n) is 4.11. The lowest BCUT2D eigenvalue weighted by molar-refractivity contribution is 0.627. The summed E-state index contributed by atoms with van der Waals surface area (Å²) >= 11 is 5.81. The fourth-order valence-electron chi connectivity index (χ4n) is 1.50. The first-order valence-corrected chi connectivity index (χ1v) is 5.72. The highest BCUT2D eigenvalue weighted by molar-refractivity contribution is 6.30. The quantitative estimate of drug-likeness (QED) is 0.847. The summed E-state index contributed by atoms with van der Waals surface area (Å²) in [6, 6.07) is 4.57. The zero-order chi connectivity index (χ0) is 12.1. The van der Waals surface area contributed by atoms with Crippen molar-refractivity contribution in [3.63, 3.8) is 0 Å². The van der Waals surface area contributed by atoms with Crippen molar-refractivity contribution in [2.24, 2.45) is 5.92 Å². The van der Waals surface area contributed by atoms with E-state index in [-0.39, 0.29) is 5.82 Å². The lowest BCUT2D eigenvalue weighted by Gasteiger charge is -2.11. The van der Waals surface area contributed by atoms with Crippen LogP contribution in [-0.4, -0.2) is 13.6 Å². The van der Waals surface area contributed by atoms with E-state index in [1.54, 1.807) is 6.07 Å². The molecule has 0 amide bonds. The third-order valence-electron chi connectivity index (χ3n) is 2.36. The van der Waals surface area contributed by atoms with Gasteiger partial charge in [0, 0.05) is 11.6 Å². The Hall–Kier alpha value is -0.860. The molecule has 0 spiro atoms. The topological polar surface area (TPSA) is 12.0 Å². The zero-order valence-electron chi connectivity index (χ0n) is 9.85. The SMILES string of the molecule is CNC/C(=C/c1cc(F)cc(Cl)c1)C(C)C. The Bertz CT molecular complexity index is 365. The molecule has 0 bridgehead atoms. The molecule has 1 aromatic rings. The Labute approximate surface area is 101 Å². The first kappa shape index (κ1) is 13.2. The van der Waals surface area contributed by atoms with Crippen LogP contribution in [0, 0.1) is 11.7 Å². The van der Waals surface area contributed by atoms with Crippen molar-refractivity contribution in [3.05, 3.63) is 40.2 Å². The fourth-order valence-corrected chi connectivity index (χ4v) is 1.73. The lowest BCUT2D eigenvalue weighted by atomic mass is 10.0. The van der Waals surface area contributed by atoms with E-state index >= 15 is 0 Å². The highest BCUT2D eigenvalue weighted by atomic mass is 35.5. The lowest BCUT2D eigenvalue weighted by Crippen LogP contribution is -2.13. The van der Waals surface area contributed by atoms with E-state index in [4.69, 9.17) is 11.6 Å². The molecular formula is C13H17ClFN. The van der Waals surface area contributed by atoms with Gasteiger partial charge < -0.3 is 5.32 Å². The van der Waals surface area contributed by atoms with Crippen LogP contribution in [0.4, 0.5) is 4.39 Å². The minimum absolute atomic E-state index is 0.300. The molecule has 88 valence electrons. The van der Waals surface area contributed by atoms with Crippen molar-refractivity contribution < 1.29 is 4.39 Å². The summed E-state index contributed by atoms with van der Waals surface area (Å²) in [6.07, 6.45) is 1.98. The van der Waals surface area contributed by atoms with E-state index in [1.807, 2.05) is 13.1 Å². The predicted octanol–water partition coefficient (Wildman–Crippen LogP) is 3.74. The third-order valence-corrected chi connectivity index (χ3v) is 2.58. The predicted molar refractivity (Wildman–Crippen MR) is 68.2 cm³/mol. The number of hydrogen-bond acceptors (Lipinski definition) is 1. The molecule has 3 heteroatoms. The number of rotatable bonds is 4. The Kier molecular flexibility index (Phi) is 4.97. The first-order valence-electron chi connectivity index (χ1n) is 5.34. The van der Waals surface area contributed by atoms with Crippen LogP contribution in [0.1, 0.15) is 19.4 Å². The van der Waals surface area contributed by atoms with Crippen molar-refractivity contribution in [3.8, 4) is 0 Å². The molecule has 0 aromatic heterocycles. The molecule has 16 heavy (non-hydrogen) atoms. The van der Waals surface area contributed by atoms with Crippen LogP contribution >= 0.6 is 11.6 Å². The molecule has 0 aliphatic rings. The molecule has 0 aliphatic heterocycles. The number of nitrogens with one attached hydrogen (secondary N) is 1. The molecule has 0 unspecified atom stereocenters. The van der Waals surface area contributed by atoms with E-state index < -0.39 is 0 Å². The summed E-state index contributed by atoms with van der Waals surface area (Å²) in [4.78, 5) is 0. The average molecular weight is 242 g/mol. The molecule has 0 aliphatic carbocycles. The smallest absolute Gasteiger partial charge is 0.125 e. The summed E-state index contributed by atoms with van der Waals surface area (Å²) in [6.45, 7) is 5.03. The Morgan fingerprint density at radius 2 is 2.12 bits per heavy atom. The number of benzene rings is 1. The summed E-state index contributed by atoms with van der Waals surface area (Å²) < 4.78 is 13.1. The van der Waals surface area contributed by atoms with E-state index in [0.29, 0.717) is 10.9 Å². The molecule has 0 radical (unpaired) electrons. The van der Waals surface area contributed by atoms with Crippen LogP contribution in [0.3, 0.4) is 0 Å². The molecule has 0 heterocycles. The van der Waals surface area contributed by atoms with Crippen LogP contribution in [0.5, 0.6) is 0 Å². The Balaban J connectivity index is 3.02. The van der Waals surface area contributed by atoms with E-state index in [0.717, 1.165) is 12.1 Å². The van der Waals surface area contributed by atoms with E-state index in [9.17, 15) is 4.39 Å². The van der Waals surface area contributed by atoms with Crippen LogP contribution < -0.4 is 5.32 Å². The highest BCUT2D eigenvalue weighted by Gasteiger charge is 2.03. The fraction of sp³-hybridized carbons (Fsp3) is 0.385. The molecule has 0 saturated heterocycles. The van der Waals surface area contributed by atoms with Crippen LogP contribution in [0.25, 0.3) is 6.08 Å². The minimum Gasteiger partial charge on any atom is -0.316 e. The van der Waals surface area contributed by atoms with E-state index in [1.165, 1.54) is 17.7 Å². The average Bonchev–Trinajstić information content (AvgIpc) is 2.15. The molecule has 0 saturated carbocycles. The van der Waals surface area contributed by atoms with Gasteiger partial charge in [0.1, 0.15) is 5.82 Å². The molecule has 1 N–H and O–H groups in total. The maximum absolute atomic E-state index is 13.1. The maximum atomic E-state index is 13.1. The van der Waals surface area contributed by atoms with Gasteiger partial charge in [-0.2, -0.15) is 0 Å². The monoisotopic (exact) mass is 241 g/mol. The maximum Gasteiger partial charge on any atom is 0.125 e. The first-order chi connectivity index (χ1) is 7.52. The van der Waals surface area contributed by atoms with Crippen LogP contribution in [0.15, 0.2) is 23.8 Å². The van der Waals surface area contributed by atoms with Gasteiger partial charge in [-0.05, 0) is 36.7 Å². The summed E-state index contributed by atoms with van der Waals surface area (Å²) in [7, 11) is 1.90. The number of hydrogen-bond donors (Lipinski definition) is 1. The normalized spacial score (nSPS) is 12.2. The van der Waals surface area contributed by atoms with Gasteiger partial charge in [-0.1, -0.05) is 37.1 Å². The molecule has 1 nitrogen and oxygen atoms in total. The standard InChI is InChI=1S/C13H17ClFN/c1-9(2)11(8-16-3)4-10-5-12(14)7-13(15)6-10/h4-7,9,16H,8H2,1-3H3/b11-4-. The van der Waals surface area contributed by atoms with Gasteiger partial charge in [0.15, 0.2) is 0 Å². The summed E-state index contributed by atoms with van der Waals surface area (Å²) in [5.74, 6) is 0.126. The van der Waals surface area contributed by atoms with Gasteiger partial charge in [0.25, 0.3) is 0 Å². The number of halogens is 2. The largest absolute Gasteiger partial charge is 0.316 e. The van der Waals surface area contributed by atoms with Gasteiger partial charge in [0.05, 0.1) is 0 Å². The van der Waals surface area contributed by atoms with Gasteiger partial charge >= 0.3 is 0 Å². The summed E-state index contributed by atoms with van der Waals surface area (Å²) in [5.41, 5.74) is 2.04. The van der Waals surface area contributed by atoms with Gasteiger partial charge in [0.2, 0.25) is 0 Å². The summed E-state index contributed by atoms with van der Waals surface area (Å²) in [5, 5.41) is 3.53. The van der Waals surface area contributed by atoms with Crippen molar-refractivity contribution in [2.75, 3.05) is 13.6 Å². The van der Waals surface area contributed by atoms with Crippen molar-refractivity contribution in [1.29, 1.82) is 0 Å². The van der Waals surface area contributed by atoms with Gasteiger partial charge in [-0.25, -0.2) is 4.39 Å². The third kappa shape index (κ3) is 3.95. The van der Waals surface area contributed by atoms with Crippen molar-refractivity contribution in [2.45, 2.75) is 13.8 Å². The Morgan fingerprint density at radius 1 is 1.44 bits per heavy atom.